The highest BCUT2D eigenvalue weighted by Gasteiger charge is 2.23. The maximum absolute atomic E-state index is 8.92. The summed E-state index contributed by atoms with van der Waals surface area (Å²) in [5.74, 6) is 2.34. The van der Waals surface area contributed by atoms with Crippen LogP contribution in [0.5, 0.6) is 5.75 Å². The molecule has 0 bridgehead atoms. The minimum absolute atomic E-state index is 0.00668. The van der Waals surface area contributed by atoms with Crippen LogP contribution in [0.4, 0.5) is 5.69 Å². The SMILES string of the molecule is Cc1cc(CN2CCN(c3c(C)cnc4nc(-c5ccc(OCCO)cc5)[nH]c34)CC2)no1. The fourth-order valence-electron chi connectivity index (χ4n) is 4.31. The number of aliphatic hydroxyl groups is 1. The summed E-state index contributed by atoms with van der Waals surface area (Å²) in [6.07, 6.45) is 1.90. The monoisotopic (exact) mass is 448 g/mol. The maximum Gasteiger partial charge on any atom is 0.180 e. The Labute approximate surface area is 192 Å². The lowest BCUT2D eigenvalue weighted by Gasteiger charge is -2.36. The van der Waals surface area contributed by atoms with Crippen LogP contribution in [0, 0.1) is 13.8 Å². The molecule has 4 heterocycles. The first-order valence-electron chi connectivity index (χ1n) is 11.2. The van der Waals surface area contributed by atoms with E-state index >= 15 is 0 Å². The van der Waals surface area contributed by atoms with Gasteiger partial charge in [0.2, 0.25) is 0 Å². The molecule has 33 heavy (non-hydrogen) atoms. The van der Waals surface area contributed by atoms with E-state index in [1.807, 2.05) is 43.5 Å². The molecule has 0 unspecified atom stereocenters. The van der Waals surface area contributed by atoms with Crippen molar-refractivity contribution in [2.24, 2.45) is 0 Å². The Morgan fingerprint density at radius 1 is 1.12 bits per heavy atom. The molecule has 0 spiro atoms. The number of piperazine rings is 1. The summed E-state index contributed by atoms with van der Waals surface area (Å²) in [5, 5.41) is 13.0. The predicted molar refractivity (Wildman–Crippen MR) is 125 cm³/mol. The number of fused-ring (bicyclic) bond motifs is 1. The van der Waals surface area contributed by atoms with Gasteiger partial charge in [0.15, 0.2) is 5.65 Å². The molecule has 0 aliphatic carbocycles. The van der Waals surface area contributed by atoms with E-state index in [2.05, 4.69) is 31.8 Å². The highest BCUT2D eigenvalue weighted by atomic mass is 16.5. The van der Waals surface area contributed by atoms with Crippen molar-refractivity contribution in [3.05, 3.63) is 53.5 Å². The Morgan fingerprint density at radius 2 is 1.91 bits per heavy atom. The van der Waals surface area contributed by atoms with E-state index < -0.39 is 0 Å². The second kappa shape index (κ2) is 9.21. The van der Waals surface area contributed by atoms with Crippen molar-refractivity contribution in [3.63, 3.8) is 0 Å². The van der Waals surface area contributed by atoms with E-state index in [1.165, 1.54) is 5.69 Å². The lowest BCUT2D eigenvalue weighted by atomic mass is 10.2. The summed E-state index contributed by atoms with van der Waals surface area (Å²) in [7, 11) is 0. The molecule has 2 N–H and O–H groups in total. The third-order valence-electron chi connectivity index (χ3n) is 5.91. The highest BCUT2D eigenvalue weighted by Crippen LogP contribution is 2.31. The van der Waals surface area contributed by atoms with Gasteiger partial charge in [-0.2, -0.15) is 0 Å². The zero-order chi connectivity index (χ0) is 22.8. The first-order chi connectivity index (χ1) is 16.1. The van der Waals surface area contributed by atoms with Gasteiger partial charge in [0, 0.05) is 50.6 Å². The number of nitrogens with one attached hydrogen (secondary N) is 1. The molecular weight excluding hydrogens is 420 g/mol. The van der Waals surface area contributed by atoms with Gasteiger partial charge in [-0.1, -0.05) is 5.16 Å². The van der Waals surface area contributed by atoms with Crippen molar-refractivity contribution < 1.29 is 14.4 Å². The number of imidazole rings is 1. The molecule has 0 radical (unpaired) electrons. The summed E-state index contributed by atoms with van der Waals surface area (Å²) in [4.78, 5) is 17.6. The van der Waals surface area contributed by atoms with Crippen LogP contribution >= 0.6 is 0 Å². The molecular formula is C24H28N6O3. The molecule has 1 aliphatic rings. The zero-order valence-corrected chi connectivity index (χ0v) is 18.9. The standard InChI is InChI=1S/C24H28N6O3/c1-16-14-25-24-21(26-23(27-24)18-3-5-20(6-4-18)32-12-11-31)22(16)30-9-7-29(8-10-30)15-19-13-17(2)33-28-19/h3-6,13-14,31H,7-12,15H2,1-2H3,(H,25,26,27). The van der Waals surface area contributed by atoms with E-state index in [0.717, 1.165) is 72.4 Å². The normalized spacial score (nSPS) is 14.8. The number of hydrogen-bond donors (Lipinski definition) is 2. The van der Waals surface area contributed by atoms with Crippen LogP contribution in [0.2, 0.25) is 0 Å². The number of aromatic nitrogens is 4. The van der Waals surface area contributed by atoms with Crippen LogP contribution in [0.15, 0.2) is 41.1 Å². The number of aromatic amines is 1. The number of nitrogens with zero attached hydrogens (tertiary/aromatic N) is 5. The summed E-state index contributed by atoms with van der Waals surface area (Å²) >= 11 is 0. The first kappa shape index (κ1) is 21.4. The lowest BCUT2D eigenvalue weighted by Crippen LogP contribution is -2.46. The van der Waals surface area contributed by atoms with Crippen molar-refractivity contribution in [2.45, 2.75) is 20.4 Å². The first-order valence-corrected chi connectivity index (χ1v) is 11.2. The highest BCUT2D eigenvalue weighted by molar-refractivity contribution is 5.90. The maximum atomic E-state index is 8.92. The molecule has 9 heteroatoms. The molecule has 0 saturated carbocycles. The van der Waals surface area contributed by atoms with Crippen molar-refractivity contribution in [1.82, 2.24) is 25.0 Å². The molecule has 1 aliphatic heterocycles. The number of hydrogen-bond acceptors (Lipinski definition) is 8. The quantitative estimate of drug-likeness (QED) is 0.445. The van der Waals surface area contributed by atoms with Crippen LogP contribution in [0.25, 0.3) is 22.6 Å². The number of pyridine rings is 1. The molecule has 1 fully saturated rings. The van der Waals surface area contributed by atoms with Gasteiger partial charge in [0.05, 0.1) is 18.0 Å². The van der Waals surface area contributed by atoms with Crippen LogP contribution in [0.1, 0.15) is 17.0 Å². The van der Waals surface area contributed by atoms with Gasteiger partial charge in [0.25, 0.3) is 0 Å². The van der Waals surface area contributed by atoms with Gasteiger partial charge in [-0.05, 0) is 43.7 Å². The van der Waals surface area contributed by atoms with Crippen molar-refractivity contribution >= 4 is 16.9 Å². The molecule has 1 aromatic carbocycles. The Morgan fingerprint density at radius 3 is 2.61 bits per heavy atom. The van der Waals surface area contributed by atoms with Crippen molar-refractivity contribution in [3.8, 4) is 17.1 Å². The van der Waals surface area contributed by atoms with Gasteiger partial charge in [-0.25, -0.2) is 9.97 Å². The van der Waals surface area contributed by atoms with Gasteiger partial charge < -0.3 is 24.3 Å². The topological polar surface area (TPSA) is 104 Å². The summed E-state index contributed by atoms with van der Waals surface area (Å²) in [6.45, 7) is 8.84. The minimum atomic E-state index is -0.00668. The van der Waals surface area contributed by atoms with Crippen LogP contribution in [-0.2, 0) is 6.54 Å². The van der Waals surface area contributed by atoms with Crippen LogP contribution in [0.3, 0.4) is 0 Å². The van der Waals surface area contributed by atoms with E-state index in [1.54, 1.807) is 0 Å². The van der Waals surface area contributed by atoms with Crippen LogP contribution < -0.4 is 9.64 Å². The average molecular weight is 449 g/mol. The third kappa shape index (κ3) is 4.55. The number of benzene rings is 1. The van der Waals surface area contributed by atoms with Crippen molar-refractivity contribution in [1.29, 1.82) is 0 Å². The average Bonchev–Trinajstić information content (AvgIpc) is 3.44. The van der Waals surface area contributed by atoms with Gasteiger partial charge >= 0.3 is 0 Å². The number of aliphatic hydroxyl groups excluding tert-OH is 1. The number of aryl methyl sites for hydroxylation is 2. The fraction of sp³-hybridized carbons (Fsp3) is 0.375. The Kier molecular flexibility index (Phi) is 5.97. The molecule has 0 atom stereocenters. The minimum Gasteiger partial charge on any atom is -0.491 e. The van der Waals surface area contributed by atoms with Gasteiger partial charge in [0.1, 0.15) is 29.5 Å². The second-order valence-corrected chi connectivity index (χ2v) is 8.36. The molecule has 5 rings (SSSR count). The molecule has 172 valence electrons. The van der Waals surface area contributed by atoms with E-state index in [4.69, 9.17) is 19.4 Å². The number of ether oxygens (including phenoxy) is 1. The molecule has 1 saturated heterocycles. The molecule has 3 aromatic heterocycles. The van der Waals surface area contributed by atoms with Gasteiger partial charge in [-0.15, -0.1) is 0 Å². The molecule has 0 amide bonds. The summed E-state index contributed by atoms with van der Waals surface area (Å²) in [5.41, 5.74) is 5.91. The Balaban J connectivity index is 1.34. The van der Waals surface area contributed by atoms with E-state index in [9.17, 15) is 0 Å². The Hall–Kier alpha value is -3.43. The number of anilines is 1. The lowest BCUT2D eigenvalue weighted by molar-refractivity contribution is 0.201. The Bertz CT molecular complexity index is 1220. The van der Waals surface area contributed by atoms with E-state index in [-0.39, 0.29) is 13.2 Å². The smallest absolute Gasteiger partial charge is 0.180 e. The second-order valence-electron chi connectivity index (χ2n) is 8.36. The van der Waals surface area contributed by atoms with E-state index in [0.29, 0.717) is 5.65 Å². The largest absolute Gasteiger partial charge is 0.491 e. The zero-order valence-electron chi connectivity index (χ0n) is 18.9. The number of rotatable bonds is 7. The molecule has 4 aromatic rings. The number of H-pyrrole nitrogens is 1. The summed E-state index contributed by atoms with van der Waals surface area (Å²) < 4.78 is 10.7. The van der Waals surface area contributed by atoms with Gasteiger partial charge in [-0.3, -0.25) is 4.90 Å². The van der Waals surface area contributed by atoms with Crippen LogP contribution in [-0.4, -0.2) is 69.5 Å². The molecule has 9 nitrogen and oxygen atoms in total. The third-order valence-corrected chi connectivity index (χ3v) is 5.91. The van der Waals surface area contributed by atoms with Crippen molar-refractivity contribution in [2.75, 3.05) is 44.3 Å². The fourth-order valence-corrected chi connectivity index (χ4v) is 4.31. The predicted octanol–water partition coefficient (Wildman–Crippen LogP) is 2.92. The summed E-state index contributed by atoms with van der Waals surface area (Å²) in [6, 6.07) is 9.68.